The van der Waals surface area contributed by atoms with Crippen molar-refractivity contribution >= 4 is 21.4 Å². The standard InChI is InChI=1S/C15H14N2O2S2/c16-11-12-5-1-2-8-15(12)21(18,19)17-9-3-6-13(17)14-7-4-10-20-14/h1-2,4-5,7-8,10,13H,3,6,9H2/t13-/m0/s1. The summed E-state index contributed by atoms with van der Waals surface area (Å²) in [7, 11) is -3.64. The van der Waals surface area contributed by atoms with Crippen molar-refractivity contribution in [2.24, 2.45) is 0 Å². The third-order valence-electron chi connectivity index (χ3n) is 3.67. The lowest BCUT2D eigenvalue weighted by Gasteiger charge is -2.23. The second-order valence-corrected chi connectivity index (χ2v) is 7.74. The van der Waals surface area contributed by atoms with Crippen LogP contribution in [-0.4, -0.2) is 19.3 Å². The zero-order chi connectivity index (χ0) is 14.9. The Morgan fingerprint density at radius 2 is 2.05 bits per heavy atom. The van der Waals surface area contributed by atoms with Gasteiger partial charge in [-0.2, -0.15) is 9.57 Å². The predicted molar refractivity (Wildman–Crippen MR) is 81.3 cm³/mol. The van der Waals surface area contributed by atoms with Crippen molar-refractivity contribution in [3.8, 4) is 6.07 Å². The van der Waals surface area contributed by atoms with Gasteiger partial charge in [-0.05, 0) is 36.4 Å². The van der Waals surface area contributed by atoms with Crippen molar-refractivity contribution in [2.75, 3.05) is 6.54 Å². The molecule has 3 rings (SSSR count). The van der Waals surface area contributed by atoms with E-state index in [0.29, 0.717) is 6.54 Å². The van der Waals surface area contributed by atoms with Gasteiger partial charge in [-0.25, -0.2) is 8.42 Å². The lowest BCUT2D eigenvalue weighted by molar-refractivity contribution is 0.401. The van der Waals surface area contributed by atoms with Gasteiger partial charge in [0, 0.05) is 11.4 Å². The van der Waals surface area contributed by atoms with E-state index >= 15 is 0 Å². The second-order valence-electron chi connectivity index (χ2n) is 4.90. The van der Waals surface area contributed by atoms with Gasteiger partial charge in [0.1, 0.15) is 6.07 Å². The fourth-order valence-corrected chi connectivity index (χ4v) is 5.46. The van der Waals surface area contributed by atoms with E-state index in [2.05, 4.69) is 0 Å². The zero-order valence-electron chi connectivity index (χ0n) is 11.3. The Hall–Kier alpha value is -1.68. The number of benzene rings is 1. The lowest BCUT2D eigenvalue weighted by atomic mass is 10.2. The summed E-state index contributed by atoms with van der Waals surface area (Å²) in [6.45, 7) is 0.505. The number of nitriles is 1. The summed E-state index contributed by atoms with van der Waals surface area (Å²) < 4.78 is 27.3. The second kappa shape index (κ2) is 5.60. The molecule has 1 saturated heterocycles. The Bertz CT molecular complexity index is 776. The quantitative estimate of drug-likeness (QED) is 0.873. The van der Waals surface area contributed by atoms with Gasteiger partial charge in [0.05, 0.1) is 16.5 Å². The SMILES string of the molecule is N#Cc1ccccc1S(=O)(=O)N1CCC[C@H]1c1cccs1. The fourth-order valence-electron chi connectivity index (χ4n) is 2.70. The van der Waals surface area contributed by atoms with Crippen LogP contribution in [-0.2, 0) is 10.0 Å². The van der Waals surface area contributed by atoms with Crippen molar-refractivity contribution in [3.05, 3.63) is 52.2 Å². The average molecular weight is 318 g/mol. The van der Waals surface area contributed by atoms with E-state index in [4.69, 9.17) is 5.26 Å². The molecule has 0 unspecified atom stereocenters. The number of hydrogen-bond acceptors (Lipinski definition) is 4. The van der Waals surface area contributed by atoms with Crippen LogP contribution in [0.2, 0.25) is 0 Å². The van der Waals surface area contributed by atoms with Crippen LogP contribution in [0.15, 0.2) is 46.7 Å². The van der Waals surface area contributed by atoms with E-state index in [0.717, 1.165) is 17.7 Å². The molecule has 0 amide bonds. The first-order valence-corrected chi connectivity index (χ1v) is 9.01. The lowest BCUT2D eigenvalue weighted by Crippen LogP contribution is -2.30. The van der Waals surface area contributed by atoms with E-state index in [9.17, 15) is 8.42 Å². The molecule has 1 aromatic carbocycles. The molecule has 21 heavy (non-hydrogen) atoms. The van der Waals surface area contributed by atoms with Crippen LogP contribution < -0.4 is 0 Å². The maximum Gasteiger partial charge on any atom is 0.244 e. The van der Waals surface area contributed by atoms with Crippen LogP contribution in [0, 0.1) is 11.3 Å². The molecule has 0 radical (unpaired) electrons. The minimum Gasteiger partial charge on any atom is -0.207 e. The number of thiophene rings is 1. The molecule has 108 valence electrons. The number of nitrogens with zero attached hydrogens (tertiary/aromatic N) is 2. The van der Waals surface area contributed by atoms with E-state index in [1.54, 1.807) is 29.5 Å². The van der Waals surface area contributed by atoms with Gasteiger partial charge >= 0.3 is 0 Å². The molecule has 0 N–H and O–H groups in total. The molecule has 6 heteroatoms. The molecule has 1 aliphatic heterocycles. The van der Waals surface area contributed by atoms with Crippen LogP contribution in [0.3, 0.4) is 0 Å². The van der Waals surface area contributed by atoms with E-state index in [-0.39, 0.29) is 16.5 Å². The van der Waals surface area contributed by atoms with Crippen molar-refractivity contribution in [2.45, 2.75) is 23.8 Å². The van der Waals surface area contributed by atoms with E-state index < -0.39 is 10.0 Å². The summed E-state index contributed by atoms with van der Waals surface area (Å²) in [5.41, 5.74) is 0.203. The van der Waals surface area contributed by atoms with Gasteiger partial charge in [0.25, 0.3) is 0 Å². The molecule has 0 spiro atoms. The molecule has 0 saturated carbocycles. The minimum atomic E-state index is -3.64. The van der Waals surface area contributed by atoms with Crippen LogP contribution >= 0.6 is 11.3 Å². The summed E-state index contributed by atoms with van der Waals surface area (Å²) in [5.74, 6) is 0. The summed E-state index contributed by atoms with van der Waals surface area (Å²) in [6, 6.07) is 12.2. The number of rotatable bonds is 3. The van der Waals surface area contributed by atoms with Gasteiger partial charge in [-0.3, -0.25) is 0 Å². The van der Waals surface area contributed by atoms with E-state index in [1.165, 1.54) is 10.4 Å². The van der Waals surface area contributed by atoms with Crippen molar-refractivity contribution in [1.82, 2.24) is 4.31 Å². The van der Waals surface area contributed by atoms with Crippen LogP contribution in [0.4, 0.5) is 0 Å². The van der Waals surface area contributed by atoms with Crippen molar-refractivity contribution in [3.63, 3.8) is 0 Å². The Balaban J connectivity index is 2.04. The first-order valence-electron chi connectivity index (χ1n) is 6.69. The maximum atomic E-state index is 12.9. The monoisotopic (exact) mass is 318 g/mol. The molecule has 4 nitrogen and oxygen atoms in total. The highest BCUT2D eigenvalue weighted by Gasteiger charge is 2.37. The van der Waals surface area contributed by atoms with Crippen molar-refractivity contribution < 1.29 is 8.42 Å². The van der Waals surface area contributed by atoms with Gasteiger partial charge in [0.2, 0.25) is 10.0 Å². The maximum absolute atomic E-state index is 12.9. The van der Waals surface area contributed by atoms with Gasteiger partial charge in [-0.1, -0.05) is 18.2 Å². The summed E-state index contributed by atoms with van der Waals surface area (Å²) in [4.78, 5) is 1.17. The summed E-state index contributed by atoms with van der Waals surface area (Å²) in [6.07, 6.45) is 1.67. The Kier molecular flexibility index (Phi) is 3.81. The third-order valence-corrected chi connectivity index (χ3v) is 6.61. The smallest absolute Gasteiger partial charge is 0.207 e. The first-order chi connectivity index (χ1) is 10.1. The summed E-state index contributed by atoms with van der Waals surface area (Å²) >= 11 is 1.57. The predicted octanol–water partition coefficient (Wildman–Crippen LogP) is 3.15. The highest BCUT2D eigenvalue weighted by molar-refractivity contribution is 7.89. The van der Waals surface area contributed by atoms with Gasteiger partial charge in [-0.15, -0.1) is 11.3 Å². The van der Waals surface area contributed by atoms with E-state index in [1.807, 2.05) is 23.6 Å². The normalized spacial score (nSPS) is 19.5. The Morgan fingerprint density at radius 1 is 1.24 bits per heavy atom. The molecule has 2 aromatic rings. The van der Waals surface area contributed by atoms with Gasteiger partial charge < -0.3 is 0 Å². The highest BCUT2D eigenvalue weighted by Crippen LogP contribution is 2.38. The van der Waals surface area contributed by atoms with Crippen LogP contribution in [0.5, 0.6) is 0 Å². The summed E-state index contributed by atoms with van der Waals surface area (Å²) in [5, 5.41) is 11.1. The molecule has 1 atom stereocenters. The highest BCUT2D eigenvalue weighted by atomic mass is 32.2. The largest absolute Gasteiger partial charge is 0.244 e. The third kappa shape index (κ3) is 2.48. The number of sulfonamides is 1. The number of hydrogen-bond donors (Lipinski definition) is 0. The van der Waals surface area contributed by atoms with Gasteiger partial charge in [0.15, 0.2) is 0 Å². The Labute approximate surface area is 128 Å². The topological polar surface area (TPSA) is 61.2 Å². The van der Waals surface area contributed by atoms with Crippen molar-refractivity contribution in [1.29, 1.82) is 5.26 Å². The molecule has 1 aliphatic rings. The molecule has 0 bridgehead atoms. The van der Waals surface area contributed by atoms with Crippen LogP contribution in [0.1, 0.15) is 29.3 Å². The fraction of sp³-hybridized carbons (Fsp3) is 0.267. The molecule has 1 aromatic heterocycles. The molecule has 1 fully saturated rings. The molecular formula is C15H14N2O2S2. The Morgan fingerprint density at radius 3 is 2.76 bits per heavy atom. The average Bonchev–Trinajstić information content (AvgIpc) is 3.17. The molecule has 2 heterocycles. The first kappa shape index (κ1) is 14.3. The molecule has 0 aliphatic carbocycles. The van der Waals surface area contributed by atoms with Crippen LogP contribution in [0.25, 0.3) is 0 Å². The zero-order valence-corrected chi connectivity index (χ0v) is 12.9. The minimum absolute atomic E-state index is 0.107. The molecular weight excluding hydrogens is 304 g/mol.